The molecule has 0 aliphatic carbocycles. The Balaban J connectivity index is 2.46. The average molecular weight is 208 g/mol. The Morgan fingerprint density at radius 1 is 1.50 bits per heavy atom. The van der Waals surface area contributed by atoms with Crippen molar-refractivity contribution in [1.82, 2.24) is 15.0 Å². The molecule has 4 heteroatoms. The van der Waals surface area contributed by atoms with Gasteiger partial charge in [-0.15, -0.1) is 11.6 Å². The highest BCUT2D eigenvalue weighted by molar-refractivity contribution is 6.16. The van der Waals surface area contributed by atoms with Crippen LogP contribution in [0.4, 0.5) is 0 Å². The van der Waals surface area contributed by atoms with Crippen LogP contribution in [0.5, 0.6) is 0 Å². The molecule has 0 aromatic carbocycles. The first-order valence-electron chi connectivity index (χ1n) is 4.33. The molecule has 72 valence electrons. The minimum Gasteiger partial charge on any atom is -0.345 e. The second-order valence-corrected chi connectivity index (χ2v) is 3.30. The van der Waals surface area contributed by atoms with Crippen LogP contribution < -0.4 is 0 Å². The predicted octanol–water partition coefficient (Wildman–Crippen LogP) is 2.52. The molecule has 2 rings (SSSR count). The lowest BCUT2D eigenvalue weighted by Crippen LogP contribution is -1.82. The lowest BCUT2D eigenvalue weighted by molar-refractivity contribution is 1.10. The van der Waals surface area contributed by atoms with Crippen molar-refractivity contribution in [3.63, 3.8) is 0 Å². The number of aromatic amines is 1. The van der Waals surface area contributed by atoms with Crippen LogP contribution in [-0.4, -0.2) is 15.0 Å². The summed E-state index contributed by atoms with van der Waals surface area (Å²) < 4.78 is 0. The molecule has 1 N–H and O–H groups in total. The molecule has 0 aliphatic rings. The smallest absolute Gasteiger partial charge is 0.121 e. The van der Waals surface area contributed by atoms with Crippen LogP contribution in [0.2, 0.25) is 0 Å². The number of hydrogen-bond donors (Lipinski definition) is 1. The maximum absolute atomic E-state index is 5.69. The number of hydrogen-bond acceptors (Lipinski definition) is 2. The standard InChI is InChI=1S/C10H10ClN3/c1-7-10(14-9(5-11)13-7)8-3-2-4-12-6-8/h2-4,6H,5H2,1H3,(H,13,14). The molecule has 2 heterocycles. The van der Waals surface area contributed by atoms with Gasteiger partial charge in [0.25, 0.3) is 0 Å². The van der Waals surface area contributed by atoms with E-state index in [9.17, 15) is 0 Å². The second-order valence-electron chi connectivity index (χ2n) is 3.03. The van der Waals surface area contributed by atoms with Crippen LogP contribution in [0.25, 0.3) is 11.3 Å². The van der Waals surface area contributed by atoms with Gasteiger partial charge in [-0.3, -0.25) is 4.98 Å². The summed E-state index contributed by atoms with van der Waals surface area (Å²) in [5.41, 5.74) is 2.96. The molecular weight excluding hydrogens is 198 g/mol. The molecule has 2 aromatic heterocycles. The van der Waals surface area contributed by atoms with Gasteiger partial charge in [-0.1, -0.05) is 0 Å². The molecule has 0 atom stereocenters. The Morgan fingerprint density at radius 3 is 2.93 bits per heavy atom. The summed E-state index contributed by atoms with van der Waals surface area (Å²) in [6, 6.07) is 3.87. The fourth-order valence-electron chi connectivity index (χ4n) is 1.37. The van der Waals surface area contributed by atoms with Crippen molar-refractivity contribution in [3.05, 3.63) is 36.0 Å². The van der Waals surface area contributed by atoms with Gasteiger partial charge in [-0.2, -0.15) is 0 Å². The van der Waals surface area contributed by atoms with Gasteiger partial charge >= 0.3 is 0 Å². The van der Waals surface area contributed by atoms with Gasteiger partial charge in [-0.25, -0.2) is 4.98 Å². The molecule has 0 unspecified atom stereocenters. The van der Waals surface area contributed by atoms with E-state index in [4.69, 9.17) is 11.6 Å². The van der Waals surface area contributed by atoms with E-state index in [0.717, 1.165) is 22.8 Å². The number of alkyl halides is 1. The summed E-state index contributed by atoms with van der Waals surface area (Å²) in [6.45, 7) is 1.98. The van der Waals surface area contributed by atoms with Gasteiger partial charge in [0, 0.05) is 23.7 Å². The fraction of sp³-hybridized carbons (Fsp3) is 0.200. The monoisotopic (exact) mass is 207 g/mol. The van der Waals surface area contributed by atoms with Crippen LogP contribution in [0.15, 0.2) is 24.5 Å². The zero-order valence-electron chi connectivity index (χ0n) is 7.79. The third-order valence-corrected chi connectivity index (χ3v) is 2.25. The molecule has 0 saturated carbocycles. The Bertz CT molecular complexity index is 422. The van der Waals surface area contributed by atoms with Crippen LogP contribution in [0.1, 0.15) is 11.5 Å². The summed E-state index contributed by atoms with van der Waals surface area (Å²) in [5, 5.41) is 0. The van der Waals surface area contributed by atoms with E-state index < -0.39 is 0 Å². The van der Waals surface area contributed by atoms with E-state index in [1.807, 2.05) is 19.1 Å². The van der Waals surface area contributed by atoms with E-state index >= 15 is 0 Å². The summed E-state index contributed by atoms with van der Waals surface area (Å²) in [7, 11) is 0. The topological polar surface area (TPSA) is 41.6 Å². The van der Waals surface area contributed by atoms with Gasteiger partial charge in [0.05, 0.1) is 11.6 Å². The molecule has 0 aliphatic heterocycles. The van der Waals surface area contributed by atoms with Crippen molar-refractivity contribution in [2.24, 2.45) is 0 Å². The predicted molar refractivity (Wildman–Crippen MR) is 56.1 cm³/mol. The van der Waals surface area contributed by atoms with Gasteiger partial charge in [-0.05, 0) is 19.1 Å². The van der Waals surface area contributed by atoms with Gasteiger partial charge < -0.3 is 4.98 Å². The van der Waals surface area contributed by atoms with Crippen molar-refractivity contribution >= 4 is 11.6 Å². The Hall–Kier alpha value is -1.35. The highest BCUT2D eigenvalue weighted by Gasteiger charge is 2.07. The first-order chi connectivity index (χ1) is 6.81. The molecule has 0 amide bonds. The summed E-state index contributed by atoms with van der Waals surface area (Å²) in [4.78, 5) is 11.5. The summed E-state index contributed by atoms with van der Waals surface area (Å²) in [6.07, 6.45) is 3.54. The molecule has 0 fully saturated rings. The number of nitrogens with zero attached hydrogens (tertiary/aromatic N) is 2. The van der Waals surface area contributed by atoms with Crippen molar-refractivity contribution in [1.29, 1.82) is 0 Å². The van der Waals surface area contributed by atoms with Crippen molar-refractivity contribution < 1.29 is 0 Å². The zero-order chi connectivity index (χ0) is 9.97. The Kier molecular flexibility index (Phi) is 2.50. The third kappa shape index (κ3) is 1.63. The van der Waals surface area contributed by atoms with E-state index in [1.165, 1.54) is 0 Å². The number of imidazole rings is 1. The number of pyridine rings is 1. The summed E-state index contributed by atoms with van der Waals surface area (Å²) >= 11 is 5.69. The zero-order valence-corrected chi connectivity index (χ0v) is 8.54. The maximum Gasteiger partial charge on any atom is 0.121 e. The lowest BCUT2D eigenvalue weighted by atomic mass is 10.2. The highest BCUT2D eigenvalue weighted by Crippen LogP contribution is 2.20. The molecule has 14 heavy (non-hydrogen) atoms. The summed E-state index contributed by atoms with van der Waals surface area (Å²) in [5.74, 6) is 1.20. The van der Waals surface area contributed by atoms with Crippen LogP contribution >= 0.6 is 11.6 Å². The first-order valence-corrected chi connectivity index (χ1v) is 4.86. The van der Waals surface area contributed by atoms with E-state index in [2.05, 4.69) is 15.0 Å². The van der Waals surface area contributed by atoms with Crippen molar-refractivity contribution in [2.45, 2.75) is 12.8 Å². The van der Waals surface area contributed by atoms with E-state index in [-0.39, 0.29) is 0 Å². The molecule has 2 aromatic rings. The molecule has 0 bridgehead atoms. The molecule has 0 radical (unpaired) electrons. The Labute approximate surface area is 87.2 Å². The number of aromatic nitrogens is 3. The minimum absolute atomic E-state index is 0.404. The highest BCUT2D eigenvalue weighted by atomic mass is 35.5. The number of aryl methyl sites for hydroxylation is 1. The SMILES string of the molecule is Cc1[nH]c(CCl)nc1-c1cccnc1. The average Bonchev–Trinajstić information content (AvgIpc) is 2.61. The normalized spacial score (nSPS) is 10.4. The van der Waals surface area contributed by atoms with Gasteiger partial charge in [0.2, 0.25) is 0 Å². The number of H-pyrrole nitrogens is 1. The van der Waals surface area contributed by atoms with Crippen LogP contribution in [0.3, 0.4) is 0 Å². The van der Waals surface area contributed by atoms with Crippen LogP contribution in [0, 0.1) is 6.92 Å². The first kappa shape index (κ1) is 9.21. The lowest BCUT2D eigenvalue weighted by Gasteiger charge is -1.95. The Morgan fingerprint density at radius 2 is 2.36 bits per heavy atom. The van der Waals surface area contributed by atoms with Crippen molar-refractivity contribution in [2.75, 3.05) is 0 Å². The maximum atomic E-state index is 5.69. The van der Waals surface area contributed by atoms with Gasteiger partial charge in [0.1, 0.15) is 5.82 Å². The fourth-order valence-corrected chi connectivity index (χ4v) is 1.50. The molecule has 0 spiro atoms. The number of nitrogens with one attached hydrogen (secondary N) is 1. The second kappa shape index (κ2) is 3.80. The molecule has 0 saturated heterocycles. The number of rotatable bonds is 2. The van der Waals surface area contributed by atoms with Crippen LogP contribution in [-0.2, 0) is 5.88 Å². The molecular formula is C10H10ClN3. The largest absolute Gasteiger partial charge is 0.345 e. The minimum atomic E-state index is 0.404. The third-order valence-electron chi connectivity index (χ3n) is 2.00. The van der Waals surface area contributed by atoms with Gasteiger partial charge in [0.15, 0.2) is 0 Å². The van der Waals surface area contributed by atoms with Crippen molar-refractivity contribution in [3.8, 4) is 11.3 Å². The van der Waals surface area contributed by atoms with E-state index in [1.54, 1.807) is 12.4 Å². The van der Waals surface area contributed by atoms with E-state index in [0.29, 0.717) is 5.88 Å². The molecule has 3 nitrogen and oxygen atoms in total. The quantitative estimate of drug-likeness (QED) is 0.769. The number of halogens is 1.